The van der Waals surface area contributed by atoms with Gasteiger partial charge in [0.2, 0.25) is 5.56 Å². The Bertz CT molecular complexity index is 1170. The number of fused-ring (bicyclic) bond motifs is 1. The van der Waals surface area contributed by atoms with E-state index < -0.39 is 12.1 Å². The summed E-state index contributed by atoms with van der Waals surface area (Å²) in [5.41, 5.74) is 1.21. The van der Waals surface area contributed by atoms with Crippen molar-refractivity contribution < 1.29 is 27.9 Å². The highest BCUT2D eigenvalue weighted by Gasteiger charge is 2.38. The lowest BCUT2D eigenvalue weighted by Crippen LogP contribution is -2.49. The molecule has 1 fully saturated rings. The number of carbonyl (C=O) groups is 2. The van der Waals surface area contributed by atoms with E-state index in [-0.39, 0.29) is 11.5 Å². The molecule has 0 unspecified atom stereocenters. The van der Waals surface area contributed by atoms with Crippen molar-refractivity contribution in [3.8, 4) is 0 Å². The van der Waals surface area contributed by atoms with Crippen LogP contribution < -0.4 is 10.5 Å². The molecule has 0 atom stereocenters. The van der Waals surface area contributed by atoms with Crippen LogP contribution in [0.3, 0.4) is 0 Å². The Kier molecular flexibility index (Phi) is 7.13. The fraction of sp³-hybridized carbons (Fsp3) is 0.278. The molecule has 9 nitrogen and oxygen atoms in total. The number of thiophene rings is 1. The van der Waals surface area contributed by atoms with Crippen LogP contribution in [0.2, 0.25) is 0 Å². The molecule has 0 aliphatic carbocycles. The molecule has 1 aliphatic heterocycles. The summed E-state index contributed by atoms with van der Waals surface area (Å²) in [6.45, 7) is 2.62. The lowest BCUT2D eigenvalue weighted by atomic mass is 10.2. The second-order valence-electron chi connectivity index (χ2n) is 6.49. The third-order valence-corrected chi connectivity index (χ3v) is 6.03. The van der Waals surface area contributed by atoms with Gasteiger partial charge in [0.25, 0.3) is 5.91 Å². The Morgan fingerprint density at radius 2 is 1.81 bits per heavy atom. The van der Waals surface area contributed by atoms with Gasteiger partial charge in [-0.15, -0.1) is 11.3 Å². The first kappa shape index (κ1) is 23.7. The van der Waals surface area contributed by atoms with Crippen molar-refractivity contribution in [2.24, 2.45) is 0 Å². The molecule has 0 aromatic carbocycles. The van der Waals surface area contributed by atoms with Crippen LogP contribution in [0.1, 0.15) is 10.4 Å². The molecule has 3 aromatic heterocycles. The normalized spacial score (nSPS) is 14.1. The van der Waals surface area contributed by atoms with E-state index in [1.807, 2.05) is 6.07 Å². The van der Waals surface area contributed by atoms with Crippen LogP contribution in [-0.2, 0) is 4.79 Å². The number of carbonyl (C=O) groups excluding carboxylic acids is 1. The maximum absolute atomic E-state index is 12.5. The number of H-pyrrole nitrogens is 1. The highest BCUT2D eigenvalue weighted by Crippen LogP contribution is 2.34. The Balaban J connectivity index is 0.000000360. The predicted molar refractivity (Wildman–Crippen MR) is 114 cm³/mol. The number of carboxylic acids is 1. The lowest BCUT2D eigenvalue weighted by molar-refractivity contribution is -0.192. The van der Waals surface area contributed by atoms with Crippen LogP contribution in [0.15, 0.2) is 39.3 Å². The first-order valence-corrected chi connectivity index (χ1v) is 10.6. The van der Waals surface area contributed by atoms with Gasteiger partial charge in [-0.05, 0) is 28.1 Å². The van der Waals surface area contributed by atoms with E-state index in [1.54, 1.807) is 28.6 Å². The van der Waals surface area contributed by atoms with E-state index in [0.29, 0.717) is 31.7 Å². The zero-order valence-electron chi connectivity index (χ0n) is 16.1. The summed E-state index contributed by atoms with van der Waals surface area (Å²) >= 11 is 5.11. The number of pyridine rings is 1. The van der Waals surface area contributed by atoms with E-state index in [9.17, 15) is 22.8 Å². The van der Waals surface area contributed by atoms with E-state index in [4.69, 9.17) is 9.90 Å². The van der Waals surface area contributed by atoms with Crippen LogP contribution in [-0.4, -0.2) is 69.2 Å². The molecule has 14 heteroatoms. The van der Waals surface area contributed by atoms with Crippen molar-refractivity contribution in [3.05, 3.63) is 50.4 Å². The molecule has 0 saturated carbocycles. The fourth-order valence-electron chi connectivity index (χ4n) is 2.89. The number of aromatic nitrogens is 3. The Labute approximate surface area is 190 Å². The van der Waals surface area contributed by atoms with Crippen LogP contribution in [0, 0.1) is 0 Å². The number of alkyl halides is 3. The van der Waals surface area contributed by atoms with Crippen molar-refractivity contribution in [2.45, 2.75) is 6.18 Å². The summed E-state index contributed by atoms with van der Waals surface area (Å²) in [4.78, 5) is 47.8. The number of hydrogen-bond acceptors (Lipinski definition) is 7. The molecule has 3 aromatic rings. The fourth-order valence-corrected chi connectivity index (χ4v) is 4.44. The van der Waals surface area contributed by atoms with Crippen molar-refractivity contribution in [2.75, 3.05) is 31.1 Å². The van der Waals surface area contributed by atoms with Crippen LogP contribution in [0.4, 0.5) is 19.0 Å². The number of nitrogens with one attached hydrogen (secondary N) is 1. The second kappa shape index (κ2) is 9.65. The average Bonchev–Trinajstić information content (AvgIpc) is 3.14. The summed E-state index contributed by atoms with van der Waals surface area (Å²) in [5.74, 6) is -1.91. The number of halogens is 4. The number of aliphatic carboxylic acids is 1. The maximum atomic E-state index is 12.5. The monoisotopic (exact) mass is 533 g/mol. The molecule has 1 saturated heterocycles. The number of rotatable bonds is 2. The highest BCUT2D eigenvalue weighted by atomic mass is 79.9. The minimum absolute atomic E-state index is 0.0670. The molecule has 2 N–H and O–H groups in total. The summed E-state index contributed by atoms with van der Waals surface area (Å²) in [6, 6.07) is 4.92. The van der Waals surface area contributed by atoms with Gasteiger partial charge in [0.1, 0.15) is 12.1 Å². The molecule has 0 bridgehead atoms. The van der Waals surface area contributed by atoms with Gasteiger partial charge in [-0.3, -0.25) is 9.59 Å². The number of anilines is 1. The first-order chi connectivity index (χ1) is 15.1. The number of nitrogens with zero attached hydrogens (tertiary/aromatic N) is 4. The lowest BCUT2D eigenvalue weighted by Gasteiger charge is -2.35. The van der Waals surface area contributed by atoms with E-state index in [0.717, 1.165) is 19.8 Å². The number of piperazine rings is 1. The van der Waals surface area contributed by atoms with Gasteiger partial charge in [0, 0.05) is 38.4 Å². The predicted octanol–water partition coefficient (Wildman–Crippen LogP) is 2.74. The van der Waals surface area contributed by atoms with Gasteiger partial charge < -0.3 is 19.9 Å². The average molecular weight is 534 g/mol. The van der Waals surface area contributed by atoms with E-state index in [2.05, 4.69) is 35.8 Å². The standard InChI is InChI=1S/C16H14BrN5O2S.C2HF3O2/c17-12-7-11-14(25-12)15(20-9-19-11)21-3-5-22(6-4-21)16(24)10-1-2-13(23)18-8-10;3-2(4,5)1(6)7/h1-2,7-9H,3-6H2,(H,18,23);(H,6,7). The minimum Gasteiger partial charge on any atom is -0.475 e. The SMILES string of the molecule is O=C(O)C(F)(F)F.O=C(c1ccc(=O)[nH]c1)N1CCN(c2ncnc3cc(Br)sc23)CC1. The summed E-state index contributed by atoms with van der Waals surface area (Å²) < 4.78 is 33.8. The third kappa shape index (κ3) is 5.62. The Morgan fingerprint density at radius 3 is 2.38 bits per heavy atom. The van der Waals surface area contributed by atoms with Crippen molar-refractivity contribution in [1.82, 2.24) is 19.9 Å². The zero-order chi connectivity index (χ0) is 23.5. The molecular formula is C18H15BrF3N5O4S. The van der Waals surface area contributed by atoms with Crippen molar-refractivity contribution >= 4 is 55.2 Å². The Morgan fingerprint density at radius 1 is 1.16 bits per heavy atom. The molecule has 170 valence electrons. The van der Waals surface area contributed by atoms with Crippen LogP contribution in [0.5, 0.6) is 0 Å². The third-order valence-electron chi connectivity index (χ3n) is 4.40. The van der Waals surface area contributed by atoms with Crippen molar-refractivity contribution in [1.29, 1.82) is 0 Å². The molecule has 1 aliphatic rings. The largest absolute Gasteiger partial charge is 0.490 e. The molecule has 0 radical (unpaired) electrons. The molecule has 0 spiro atoms. The van der Waals surface area contributed by atoms with Gasteiger partial charge in [-0.25, -0.2) is 14.8 Å². The topological polar surface area (TPSA) is 119 Å². The van der Waals surface area contributed by atoms with Crippen molar-refractivity contribution in [3.63, 3.8) is 0 Å². The summed E-state index contributed by atoms with van der Waals surface area (Å²) in [7, 11) is 0. The Hall–Kier alpha value is -3.00. The molecular weight excluding hydrogens is 519 g/mol. The van der Waals surface area contributed by atoms with E-state index in [1.165, 1.54) is 12.3 Å². The highest BCUT2D eigenvalue weighted by molar-refractivity contribution is 9.11. The van der Waals surface area contributed by atoms with Gasteiger partial charge in [0.15, 0.2) is 0 Å². The zero-order valence-corrected chi connectivity index (χ0v) is 18.5. The number of hydrogen-bond donors (Lipinski definition) is 2. The summed E-state index contributed by atoms with van der Waals surface area (Å²) in [5, 5.41) is 7.12. The minimum atomic E-state index is -5.08. The molecule has 32 heavy (non-hydrogen) atoms. The number of carboxylic acid groups (broad SMARTS) is 1. The summed E-state index contributed by atoms with van der Waals surface area (Å²) in [6.07, 6.45) is -2.04. The smallest absolute Gasteiger partial charge is 0.475 e. The maximum Gasteiger partial charge on any atom is 0.490 e. The molecule has 4 heterocycles. The van der Waals surface area contributed by atoms with Crippen LogP contribution in [0.25, 0.3) is 10.2 Å². The number of amides is 1. The molecule has 1 amide bonds. The van der Waals surface area contributed by atoms with Gasteiger partial charge in [-0.2, -0.15) is 13.2 Å². The molecule has 4 rings (SSSR count). The van der Waals surface area contributed by atoms with Gasteiger partial charge in [0.05, 0.1) is 19.6 Å². The van der Waals surface area contributed by atoms with Gasteiger partial charge >= 0.3 is 12.1 Å². The van der Waals surface area contributed by atoms with E-state index >= 15 is 0 Å². The first-order valence-electron chi connectivity index (χ1n) is 8.99. The number of aromatic amines is 1. The second-order valence-corrected chi connectivity index (χ2v) is 8.92. The van der Waals surface area contributed by atoms with Gasteiger partial charge in [-0.1, -0.05) is 0 Å². The quantitative estimate of drug-likeness (QED) is 0.519. The van der Waals surface area contributed by atoms with Crippen LogP contribution >= 0.6 is 27.3 Å².